The lowest BCUT2D eigenvalue weighted by atomic mass is 9.98. The minimum Gasteiger partial charge on any atom is -0.489 e. The van der Waals surface area contributed by atoms with E-state index in [4.69, 9.17) is 4.74 Å². The van der Waals surface area contributed by atoms with Gasteiger partial charge in [-0.25, -0.2) is 4.39 Å². The van der Waals surface area contributed by atoms with Gasteiger partial charge in [0.15, 0.2) is 0 Å². The molecule has 0 spiro atoms. The molecule has 0 N–H and O–H groups in total. The summed E-state index contributed by atoms with van der Waals surface area (Å²) < 4.78 is 20.0. The van der Waals surface area contributed by atoms with Crippen LogP contribution in [0.5, 0.6) is 5.75 Å². The summed E-state index contributed by atoms with van der Waals surface area (Å²) in [5.74, 6) is 0.117. The first-order chi connectivity index (χ1) is 11.7. The summed E-state index contributed by atoms with van der Waals surface area (Å²) in [5, 5.41) is 0. The van der Waals surface area contributed by atoms with Crippen LogP contribution < -0.4 is 4.74 Å². The van der Waals surface area contributed by atoms with Crippen LogP contribution in [-0.2, 0) is 0 Å². The van der Waals surface area contributed by atoms with Gasteiger partial charge in [-0.1, -0.05) is 12.1 Å². The number of hydrogen-bond donors (Lipinski definition) is 0. The first kappa shape index (κ1) is 15.1. The molecule has 2 saturated heterocycles. The maximum absolute atomic E-state index is 14.0. The quantitative estimate of drug-likeness (QED) is 0.868. The molecule has 2 fully saturated rings. The number of halogens is 1. The van der Waals surface area contributed by atoms with Gasteiger partial charge < -0.3 is 9.64 Å². The number of hydrogen-bond acceptors (Lipinski definition) is 3. The van der Waals surface area contributed by atoms with Gasteiger partial charge in [0.2, 0.25) is 0 Å². The lowest BCUT2D eigenvalue weighted by Gasteiger charge is -2.39. The Labute approximate surface area is 140 Å². The first-order valence-corrected chi connectivity index (χ1v) is 8.36. The first-order valence-electron chi connectivity index (χ1n) is 8.36. The molecule has 1 aromatic heterocycles. The molecule has 2 atom stereocenters. The van der Waals surface area contributed by atoms with Gasteiger partial charge in [0.05, 0.1) is 11.8 Å². The van der Waals surface area contributed by atoms with Crippen LogP contribution >= 0.6 is 0 Å². The van der Waals surface area contributed by atoms with Crippen LogP contribution in [0.15, 0.2) is 48.8 Å². The average molecular weight is 326 g/mol. The van der Waals surface area contributed by atoms with Crippen molar-refractivity contribution >= 4 is 5.91 Å². The largest absolute Gasteiger partial charge is 0.489 e. The number of carbonyl (C=O) groups excluding carboxylic acids is 1. The Hall–Kier alpha value is -2.43. The molecular weight excluding hydrogens is 307 g/mol. The zero-order valence-electron chi connectivity index (χ0n) is 13.3. The maximum Gasteiger partial charge on any atom is 0.257 e. The van der Waals surface area contributed by atoms with E-state index in [1.54, 1.807) is 30.6 Å². The lowest BCUT2D eigenvalue weighted by Crippen LogP contribution is -2.49. The standard InChI is InChI=1S/C19H19FN2O2/c20-18-6-2-1-5-17(18)19(23)22-13-7-8-14(22)11-16(10-13)24-15-4-3-9-21-12-15/h1-6,9,12-14,16H,7-8,10-11H2. The molecule has 4 rings (SSSR count). The van der Waals surface area contributed by atoms with Gasteiger partial charge in [0, 0.05) is 31.1 Å². The highest BCUT2D eigenvalue weighted by Gasteiger charge is 2.44. The summed E-state index contributed by atoms with van der Waals surface area (Å²) in [7, 11) is 0. The SMILES string of the molecule is O=C(c1ccccc1F)N1C2CCC1CC(Oc1cccnc1)C2. The molecule has 24 heavy (non-hydrogen) atoms. The topological polar surface area (TPSA) is 42.4 Å². The molecule has 3 heterocycles. The van der Waals surface area contributed by atoms with Crippen LogP contribution in [0.3, 0.4) is 0 Å². The molecule has 124 valence electrons. The Kier molecular flexibility index (Phi) is 3.92. The van der Waals surface area contributed by atoms with Crippen molar-refractivity contribution in [2.45, 2.75) is 43.9 Å². The number of nitrogens with zero attached hydrogens (tertiary/aromatic N) is 2. The lowest BCUT2D eigenvalue weighted by molar-refractivity contribution is 0.0354. The molecule has 2 aromatic rings. The summed E-state index contributed by atoms with van der Waals surface area (Å²) in [4.78, 5) is 18.7. The summed E-state index contributed by atoms with van der Waals surface area (Å²) >= 11 is 0. The molecule has 5 heteroatoms. The van der Waals surface area contributed by atoms with E-state index in [1.807, 2.05) is 17.0 Å². The normalized spacial score (nSPS) is 25.5. The molecule has 2 aliphatic heterocycles. The van der Waals surface area contributed by atoms with Crippen molar-refractivity contribution in [1.82, 2.24) is 9.88 Å². The smallest absolute Gasteiger partial charge is 0.257 e. The highest BCUT2D eigenvalue weighted by atomic mass is 19.1. The van der Waals surface area contributed by atoms with E-state index in [0.29, 0.717) is 0 Å². The fraction of sp³-hybridized carbons (Fsp3) is 0.368. The van der Waals surface area contributed by atoms with E-state index >= 15 is 0 Å². The van der Waals surface area contributed by atoms with Crippen LogP contribution in [0.25, 0.3) is 0 Å². The fourth-order valence-corrected chi connectivity index (χ4v) is 3.94. The van der Waals surface area contributed by atoms with Gasteiger partial charge >= 0.3 is 0 Å². The summed E-state index contributed by atoms with van der Waals surface area (Å²) in [6.07, 6.45) is 6.98. The summed E-state index contributed by atoms with van der Waals surface area (Å²) in [6, 6.07) is 10.2. The number of ether oxygens (including phenoxy) is 1. The van der Waals surface area contributed by atoms with E-state index in [0.717, 1.165) is 31.4 Å². The average Bonchev–Trinajstić information content (AvgIpc) is 2.86. The zero-order valence-corrected chi connectivity index (χ0v) is 13.3. The van der Waals surface area contributed by atoms with Crippen molar-refractivity contribution in [3.8, 4) is 5.75 Å². The van der Waals surface area contributed by atoms with E-state index in [9.17, 15) is 9.18 Å². The van der Waals surface area contributed by atoms with Crippen molar-refractivity contribution in [2.24, 2.45) is 0 Å². The third-order valence-corrected chi connectivity index (χ3v) is 4.97. The number of carbonyl (C=O) groups is 1. The molecule has 4 nitrogen and oxygen atoms in total. The predicted molar refractivity (Wildman–Crippen MR) is 87.3 cm³/mol. The van der Waals surface area contributed by atoms with E-state index < -0.39 is 5.82 Å². The van der Waals surface area contributed by atoms with Gasteiger partial charge in [-0.05, 0) is 37.1 Å². The number of pyridine rings is 1. The van der Waals surface area contributed by atoms with Crippen molar-refractivity contribution in [3.63, 3.8) is 0 Å². The van der Waals surface area contributed by atoms with Gasteiger partial charge in [0.1, 0.15) is 17.7 Å². The second-order valence-corrected chi connectivity index (χ2v) is 6.48. The van der Waals surface area contributed by atoms with E-state index in [1.165, 1.54) is 6.07 Å². The monoisotopic (exact) mass is 326 g/mol. The van der Waals surface area contributed by atoms with Crippen molar-refractivity contribution in [3.05, 3.63) is 60.2 Å². The summed E-state index contributed by atoms with van der Waals surface area (Å²) in [5.41, 5.74) is 0.168. The molecule has 2 unspecified atom stereocenters. The minimum absolute atomic E-state index is 0.0800. The van der Waals surface area contributed by atoms with Gasteiger partial charge in [-0.15, -0.1) is 0 Å². The number of fused-ring (bicyclic) bond motifs is 2. The molecule has 2 bridgehead atoms. The molecule has 1 amide bonds. The van der Waals surface area contributed by atoms with Gasteiger partial charge in [-0.2, -0.15) is 0 Å². The molecule has 0 aliphatic carbocycles. The highest BCUT2D eigenvalue weighted by molar-refractivity contribution is 5.95. The zero-order chi connectivity index (χ0) is 16.5. The van der Waals surface area contributed by atoms with Crippen molar-refractivity contribution in [2.75, 3.05) is 0 Å². The Morgan fingerprint density at radius 3 is 2.54 bits per heavy atom. The van der Waals surface area contributed by atoms with E-state index in [2.05, 4.69) is 4.98 Å². The van der Waals surface area contributed by atoms with Crippen molar-refractivity contribution < 1.29 is 13.9 Å². The Bertz CT molecular complexity index is 723. The second kappa shape index (κ2) is 6.23. The number of benzene rings is 1. The van der Waals surface area contributed by atoms with Crippen LogP contribution in [0, 0.1) is 5.82 Å². The minimum atomic E-state index is -0.448. The maximum atomic E-state index is 14.0. The Balaban J connectivity index is 1.49. The number of aromatic nitrogens is 1. The highest BCUT2D eigenvalue weighted by Crippen LogP contribution is 2.38. The molecule has 2 aliphatic rings. The van der Waals surface area contributed by atoms with Crippen LogP contribution in [0.2, 0.25) is 0 Å². The number of piperidine rings is 1. The van der Waals surface area contributed by atoms with Gasteiger partial charge in [0.25, 0.3) is 5.91 Å². The fourth-order valence-electron chi connectivity index (χ4n) is 3.94. The Morgan fingerprint density at radius 1 is 1.12 bits per heavy atom. The van der Waals surface area contributed by atoms with Crippen LogP contribution in [-0.4, -0.2) is 34.0 Å². The third kappa shape index (κ3) is 2.75. The molecule has 1 aromatic carbocycles. The summed E-state index contributed by atoms with van der Waals surface area (Å²) in [6.45, 7) is 0. The van der Waals surface area contributed by atoms with Crippen LogP contribution in [0.1, 0.15) is 36.0 Å². The second-order valence-electron chi connectivity index (χ2n) is 6.48. The van der Waals surface area contributed by atoms with E-state index in [-0.39, 0.29) is 29.7 Å². The van der Waals surface area contributed by atoms with Crippen LogP contribution in [0.4, 0.5) is 4.39 Å². The third-order valence-electron chi connectivity index (χ3n) is 4.97. The van der Waals surface area contributed by atoms with Crippen molar-refractivity contribution in [1.29, 1.82) is 0 Å². The number of rotatable bonds is 3. The molecular formula is C19H19FN2O2. The van der Waals surface area contributed by atoms with Gasteiger partial charge in [-0.3, -0.25) is 9.78 Å². The number of amides is 1. The predicted octanol–water partition coefficient (Wildman–Crippen LogP) is 3.44. The Morgan fingerprint density at radius 2 is 1.88 bits per heavy atom. The molecule has 0 radical (unpaired) electrons. The molecule has 0 saturated carbocycles.